The van der Waals surface area contributed by atoms with Crippen molar-refractivity contribution in [3.8, 4) is 27.8 Å². The van der Waals surface area contributed by atoms with Crippen LogP contribution in [0.3, 0.4) is 0 Å². The first-order chi connectivity index (χ1) is 14.2. The molecule has 0 aliphatic heterocycles. The van der Waals surface area contributed by atoms with Crippen LogP contribution in [-0.4, -0.2) is 37.8 Å². The van der Waals surface area contributed by atoms with Crippen LogP contribution in [0.1, 0.15) is 12.6 Å². The molecule has 3 rings (SSSR count). The maximum absolute atomic E-state index is 12.1. The summed E-state index contributed by atoms with van der Waals surface area (Å²) in [6, 6.07) is 15.2. The third kappa shape index (κ3) is 6.22. The molecule has 1 N–H and O–H groups in total. The quantitative estimate of drug-likeness (QED) is 0.511. The Morgan fingerprint density at radius 1 is 1.07 bits per heavy atom. The van der Waals surface area contributed by atoms with Crippen molar-refractivity contribution in [1.29, 1.82) is 0 Å². The van der Waals surface area contributed by atoms with Crippen LogP contribution in [0.15, 0.2) is 53.9 Å². The lowest BCUT2D eigenvalue weighted by Gasteiger charge is -2.08. The van der Waals surface area contributed by atoms with Gasteiger partial charge in [-0.3, -0.25) is 4.79 Å². The first kappa shape index (κ1) is 20.7. The van der Waals surface area contributed by atoms with Crippen molar-refractivity contribution in [1.82, 2.24) is 10.3 Å². The summed E-state index contributed by atoms with van der Waals surface area (Å²) < 4.78 is 16.2. The summed E-state index contributed by atoms with van der Waals surface area (Å²) in [5.74, 6) is 2.20. The number of methoxy groups -OCH3 is 1. The summed E-state index contributed by atoms with van der Waals surface area (Å²) in [4.78, 5) is 16.7. The van der Waals surface area contributed by atoms with Crippen molar-refractivity contribution >= 4 is 17.2 Å². The van der Waals surface area contributed by atoms with Crippen LogP contribution in [-0.2, 0) is 11.2 Å². The second-order valence-electron chi connectivity index (χ2n) is 6.16. The highest BCUT2D eigenvalue weighted by atomic mass is 32.1. The van der Waals surface area contributed by atoms with E-state index in [1.165, 1.54) is 11.3 Å². The molecule has 6 nitrogen and oxygen atoms in total. The normalized spacial score (nSPS) is 10.4. The standard InChI is InChI=1S/C22H24N2O4S/c1-3-27-18-9-7-16(8-10-18)22-24-17(15-29-22)13-21(25)23-11-12-28-20-6-4-5-19(14-20)26-2/h4-10,14-15H,3,11-13H2,1-2H3,(H,23,25). The van der Waals surface area contributed by atoms with Gasteiger partial charge in [-0.1, -0.05) is 6.07 Å². The van der Waals surface area contributed by atoms with Crippen molar-refractivity contribution in [3.05, 3.63) is 59.6 Å². The molecule has 3 aromatic rings. The van der Waals surface area contributed by atoms with E-state index in [0.29, 0.717) is 25.5 Å². The number of nitrogens with zero attached hydrogens (tertiary/aromatic N) is 1. The molecule has 0 atom stereocenters. The third-order valence-electron chi connectivity index (χ3n) is 4.04. The maximum atomic E-state index is 12.1. The summed E-state index contributed by atoms with van der Waals surface area (Å²) in [6.07, 6.45) is 0.243. The molecule has 0 saturated carbocycles. The van der Waals surface area contributed by atoms with E-state index in [0.717, 1.165) is 27.8 Å². The largest absolute Gasteiger partial charge is 0.497 e. The van der Waals surface area contributed by atoms with E-state index in [2.05, 4.69) is 10.3 Å². The Labute approximate surface area is 174 Å². The van der Waals surface area contributed by atoms with Gasteiger partial charge in [-0.2, -0.15) is 0 Å². The molecule has 7 heteroatoms. The van der Waals surface area contributed by atoms with Gasteiger partial charge in [0.1, 0.15) is 28.9 Å². The van der Waals surface area contributed by atoms with Crippen LogP contribution in [0.25, 0.3) is 10.6 Å². The van der Waals surface area contributed by atoms with E-state index < -0.39 is 0 Å². The smallest absolute Gasteiger partial charge is 0.226 e. The lowest BCUT2D eigenvalue weighted by atomic mass is 10.2. The van der Waals surface area contributed by atoms with E-state index in [4.69, 9.17) is 14.2 Å². The summed E-state index contributed by atoms with van der Waals surface area (Å²) in [7, 11) is 1.61. The molecule has 0 radical (unpaired) electrons. The van der Waals surface area contributed by atoms with Gasteiger partial charge in [0.25, 0.3) is 0 Å². The first-order valence-electron chi connectivity index (χ1n) is 9.39. The Balaban J connectivity index is 1.43. The Morgan fingerprint density at radius 2 is 1.86 bits per heavy atom. The number of carbonyl (C=O) groups excluding carboxylic acids is 1. The topological polar surface area (TPSA) is 69.7 Å². The molecule has 2 aromatic carbocycles. The van der Waals surface area contributed by atoms with E-state index in [9.17, 15) is 4.79 Å². The van der Waals surface area contributed by atoms with E-state index in [1.54, 1.807) is 13.2 Å². The second kappa shape index (κ2) is 10.5. The van der Waals surface area contributed by atoms with Crippen LogP contribution < -0.4 is 19.5 Å². The van der Waals surface area contributed by atoms with Crippen LogP contribution in [0.4, 0.5) is 0 Å². The first-order valence-corrected chi connectivity index (χ1v) is 10.3. The molecule has 0 aliphatic rings. The second-order valence-corrected chi connectivity index (χ2v) is 7.01. The van der Waals surface area contributed by atoms with Crippen LogP contribution in [0, 0.1) is 0 Å². The van der Waals surface area contributed by atoms with Crippen molar-refractivity contribution in [2.45, 2.75) is 13.3 Å². The average molecular weight is 413 g/mol. The minimum atomic E-state index is -0.0808. The van der Waals surface area contributed by atoms with Crippen molar-refractivity contribution in [2.24, 2.45) is 0 Å². The van der Waals surface area contributed by atoms with Crippen LogP contribution in [0.5, 0.6) is 17.2 Å². The molecule has 0 fully saturated rings. The van der Waals surface area contributed by atoms with E-state index in [-0.39, 0.29) is 12.3 Å². The molecule has 1 heterocycles. The molecule has 0 aliphatic carbocycles. The number of amides is 1. The Morgan fingerprint density at radius 3 is 2.62 bits per heavy atom. The zero-order valence-corrected chi connectivity index (χ0v) is 17.3. The number of thiazole rings is 1. The number of benzene rings is 2. The van der Waals surface area contributed by atoms with E-state index in [1.807, 2.05) is 54.8 Å². The highest BCUT2D eigenvalue weighted by molar-refractivity contribution is 7.13. The third-order valence-corrected chi connectivity index (χ3v) is 4.98. The lowest BCUT2D eigenvalue weighted by molar-refractivity contribution is -0.120. The van der Waals surface area contributed by atoms with Gasteiger partial charge in [0.2, 0.25) is 5.91 Å². The molecule has 1 aromatic heterocycles. The van der Waals surface area contributed by atoms with Gasteiger partial charge in [0.05, 0.1) is 32.4 Å². The molecular weight excluding hydrogens is 388 g/mol. The SMILES string of the molecule is CCOc1ccc(-c2nc(CC(=O)NCCOc3cccc(OC)c3)cs2)cc1. The maximum Gasteiger partial charge on any atom is 0.226 e. The van der Waals surface area contributed by atoms with Gasteiger partial charge in [-0.25, -0.2) is 4.98 Å². The summed E-state index contributed by atoms with van der Waals surface area (Å²) in [6.45, 7) is 3.40. The summed E-state index contributed by atoms with van der Waals surface area (Å²) in [5.41, 5.74) is 1.77. The predicted molar refractivity (Wildman–Crippen MR) is 114 cm³/mol. The van der Waals surface area contributed by atoms with Gasteiger partial charge in [-0.05, 0) is 43.3 Å². The van der Waals surface area contributed by atoms with Crippen LogP contribution >= 0.6 is 11.3 Å². The average Bonchev–Trinajstić information content (AvgIpc) is 3.20. The van der Waals surface area contributed by atoms with Gasteiger partial charge in [0.15, 0.2) is 0 Å². The highest BCUT2D eigenvalue weighted by Crippen LogP contribution is 2.26. The highest BCUT2D eigenvalue weighted by Gasteiger charge is 2.09. The Hall–Kier alpha value is -3.06. The van der Waals surface area contributed by atoms with Gasteiger partial charge < -0.3 is 19.5 Å². The molecule has 0 saturated heterocycles. The van der Waals surface area contributed by atoms with Crippen LogP contribution in [0.2, 0.25) is 0 Å². The number of hydrogen-bond acceptors (Lipinski definition) is 6. The minimum absolute atomic E-state index is 0.0808. The van der Waals surface area contributed by atoms with Gasteiger partial charge >= 0.3 is 0 Å². The molecule has 0 bridgehead atoms. The molecule has 0 unspecified atom stereocenters. The molecule has 29 heavy (non-hydrogen) atoms. The van der Waals surface area contributed by atoms with Gasteiger partial charge in [-0.15, -0.1) is 11.3 Å². The summed E-state index contributed by atoms with van der Waals surface area (Å²) >= 11 is 1.52. The minimum Gasteiger partial charge on any atom is -0.497 e. The number of aromatic nitrogens is 1. The van der Waals surface area contributed by atoms with Gasteiger partial charge in [0, 0.05) is 17.0 Å². The molecular formula is C22H24N2O4S. The molecule has 152 valence electrons. The number of rotatable bonds is 10. The fourth-order valence-electron chi connectivity index (χ4n) is 2.66. The fraction of sp³-hybridized carbons (Fsp3) is 0.273. The zero-order valence-electron chi connectivity index (χ0n) is 16.5. The monoisotopic (exact) mass is 412 g/mol. The zero-order chi connectivity index (χ0) is 20.5. The fourth-order valence-corrected chi connectivity index (χ4v) is 3.48. The lowest BCUT2D eigenvalue weighted by Crippen LogP contribution is -2.29. The number of ether oxygens (including phenoxy) is 3. The molecule has 1 amide bonds. The van der Waals surface area contributed by atoms with E-state index >= 15 is 0 Å². The van der Waals surface area contributed by atoms with Crippen molar-refractivity contribution in [2.75, 3.05) is 26.9 Å². The van der Waals surface area contributed by atoms with Crippen molar-refractivity contribution in [3.63, 3.8) is 0 Å². The Kier molecular flexibility index (Phi) is 7.47. The van der Waals surface area contributed by atoms with Crippen molar-refractivity contribution < 1.29 is 19.0 Å². The number of nitrogens with one attached hydrogen (secondary N) is 1. The predicted octanol–water partition coefficient (Wildman–Crippen LogP) is 3.96. The molecule has 0 spiro atoms. The number of carbonyl (C=O) groups is 1. The Bertz CT molecular complexity index is 925. The number of hydrogen-bond donors (Lipinski definition) is 1. The summed E-state index contributed by atoms with van der Waals surface area (Å²) in [5, 5.41) is 5.65.